The first-order chi connectivity index (χ1) is 16.1. The van der Waals surface area contributed by atoms with Crippen LogP contribution >= 0.6 is 0 Å². The molecule has 0 aliphatic heterocycles. The largest absolute Gasteiger partial charge is 0.487 e. The van der Waals surface area contributed by atoms with Crippen LogP contribution in [0.4, 0.5) is 0 Å². The van der Waals surface area contributed by atoms with Crippen molar-refractivity contribution >= 4 is 12.0 Å². The first kappa shape index (κ1) is 22.0. The first-order valence-corrected chi connectivity index (χ1v) is 10.8. The second-order valence-electron chi connectivity index (χ2n) is 7.68. The molecule has 1 N–H and O–H groups in total. The molecule has 4 aromatic rings. The smallest absolute Gasteiger partial charge is 0.244 e. The number of benzene rings is 2. The normalized spacial score (nSPS) is 11.9. The molecular weight excluding hydrogens is 412 g/mol. The second kappa shape index (κ2) is 10.4. The van der Waals surface area contributed by atoms with E-state index in [1.165, 1.54) is 6.08 Å². The number of carbonyl (C=O) groups excluding carboxylic acids is 1. The Morgan fingerprint density at radius 3 is 2.55 bits per heavy atom. The first-order valence-electron chi connectivity index (χ1n) is 10.8. The lowest BCUT2D eigenvalue weighted by molar-refractivity contribution is -0.117. The highest BCUT2D eigenvalue weighted by atomic mass is 16.5. The van der Waals surface area contributed by atoms with E-state index in [0.29, 0.717) is 6.61 Å². The minimum atomic E-state index is -0.165. The molecule has 0 saturated carbocycles. The molecule has 166 valence electrons. The number of carbonyl (C=O) groups is 1. The Labute approximate surface area is 193 Å². The zero-order valence-corrected chi connectivity index (χ0v) is 18.7. The van der Waals surface area contributed by atoms with Crippen LogP contribution in [0.15, 0.2) is 91.3 Å². The highest BCUT2D eigenvalue weighted by Gasteiger charge is 2.15. The Morgan fingerprint density at radius 1 is 1.06 bits per heavy atom. The number of hydrogen-bond acceptors (Lipinski definition) is 4. The Balaban J connectivity index is 1.32. The maximum absolute atomic E-state index is 12.5. The summed E-state index contributed by atoms with van der Waals surface area (Å²) in [6.07, 6.45) is 6.87. The second-order valence-corrected chi connectivity index (χ2v) is 7.68. The van der Waals surface area contributed by atoms with Gasteiger partial charge in [-0.05, 0) is 61.9 Å². The van der Waals surface area contributed by atoms with Gasteiger partial charge in [0.2, 0.25) is 5.91 Å². The van der Waals surface area contributed by atoms with Gasteiger partial charge in [-0.15, -0.1) is 0 Å². The highest BCUT2D eigenvalue weighted by molar-refractivity contribution is 5.92. The van der Waals surface area contributed by atoms with Crippen molar-refractivity contribution < 1.29 is 9.53 Å². The van der Waals surface area contributed by atoms with E-state index in [1.807, 2.05) is 91.3 Å². The summed E-state index contributed by atoms with van der Waals surface area (Å²) in [5.41, 5.74) is 4.76. The third kappa shape index (κ3) is 5.74. The van der Waals surface area contributed by atoms with Crippen molar-refractivity contribution in [3.8, 4) is 11.4 Å². The predicted molar refractivity (Wildman–Crippen MR) is 129 cm³/mol. The molecule has 0 aliphatic rings. The van der Waals surface area contributed by atoms with Crippen LogP contribution in [-0.4, -0.2) is 20.7 Å². The van der Waals surface area contributed by atoms with Crippen molar-refractivity contribution in [2.24, 2.45) is 0 Å². The molecule has 1 atom stereocenters. The lowest BCUT2D eigenvalue weighted by Gasteiger charge is -2.13. The van der Waals surface area contributed by atoms with Crippen LogP contribution in [0, 0.1) is 6.92 Å². The number of nitrogens with one attached hydrogen (secondary N) is 1. The lowest BCUT2D eigenvalue weighted by atomic mass is 10.1. The van der Waals surface area contributed by atoms with Crippen LogP contribution < -0.4 is 10.1 Å². The Hall–Kier alpha value is -4.19. The van der Waals surface area contributed by atoms with Gasteiger partial charge in [0, 0.05) is 23.5 Å². The number of ether oxygens (including phenoxy) is 1. The summed E-state index contributed by atoms with van der Waals surface area (Å²) in [5.74, 6) is 0.589. The van der Waals surface area contributed by atoms with Crippen molar-refractivity contribution in [2.75, 3.05) is 0 Å². The number of nitrogens with zero attached hydrogens (tertiary/aromatic N) is 3. The van der Waals surface area contributed by atoms with Gasteiger partial charge in [0.15, 0.2) is 0 Å². The minimum Gasteiger partial charge on any atom is -0.487 e. The molecule has 0 radical (unpaired) electrons. The molecule has 2 heterocycles. The molecule has 1 amide bonds. The molecule has 4 rings (SSSR count). The standard InChI is InChI=1S/C27H26N4O2/c1-20(26-18-29-31(21(26)2)24-9-4-3-5-10-24)30-27(32)16-13-22-11-14-25(15-12-22)33-19-23-8-6-7-17-28-23/h3-18,20H,19H2,1-2H3,(H,30,32)/b16-13-/t20-/m1/s1. The lowest BCUT2D eigenvalue weighted by Crippen LogP contribution is -2.25. The van der Waals surface area contributed by atoms with Gasteiger partial charge in [-0.3, -0.25) is 9.78 Å². The summed E-state index contributed by atoms with van der Waals surface area (Å²) in [5, 5.41) is 7.49. The molecule has 0 bridgehead atoms. The Kier molecular flexibility index (Phi) is 6.95. The van der Waals surface area contributed by atoms with E-state index in [2.05, 4.69) is 15.4 Å². The van der Waals surface area contributed by atoms with E-state index in [9.17, 15) is 4.79 Å². The molecule has 0 fully saturated rings. The van der Waals surface area contributed by atoms with Crippen molar-refractivity contribution in [1.82, 2.24) is 20.1 Å². The predicted octanol–water partition coefficient (Wildman–Crippen LogP) is 5.05. The third-order valence-corrected chi connectivity index (χ3v) is 5.29. The minimum absolute atomic E-state index is 0.162. The molecule has 33 heavy (non-hydrogen) atoms. The van der Waals surface area contributed by atoms with Crippen LogP contribution in [0.1, 0.15) is 35.5 Å². The van der Waals surface area contributed by atoms with Crippen LogP contribution in [0.25, 0.3) is 11.8 Å². The van der Waals surface area contributed by atoms with E-state index in [-0.39, 0.29) is 11.9 Å². The molecule has 6 heteroatoms. The summed E-state index contributed by atoms with van der Waals surface area (Å²) in [4.78, 5) is 16.7. The molecule has 2 aromatic heterocycles. The van der Waals surface area contributed by atoms with E-state index in [4.69, 9.17) is 4.74 Å². The molecule has 0 aliphatic carbocycles. The van der Waals surface area contributed by atoms with Gasteiger partial charge in [-0.1, -0.05) is 36.4 Å². The van der Waals surface area contributed by atoms with Gasteiger partial charge in [-0.2, -0.15) is 5.10 Å². The molecule has 0 spiro atoms. The molecule has 6 nitrogen and oxygen atoms in total. The molecule has 2 aromatic carbocycles. The zero-order chi connectivity index (χ0) is 23.0. The summed E-state index contributed by atoms with van der Waals surface area (Å²) in [6.45, 7) is 4.38. The summed E-state index contributed by atoms with van der Waals surface area (Å²) in [6, 6.07) is 23.1. The fourth-order valence-electron chi connectivity index (χ4n) is 3.50. The quantitative estimate of drug-likeness (QED) is 0.391. The molecular formula is C27H26N4O2. The topological polar surface area (TPSA) is 69.0 Å². The number of amides is 1. The third-order valence-electron chi connectivity index (χ3n) is 5.29. The van der Waals surface area contributed by atoms with Gasteiger partial charge in [0.1, 0.15) is 12.4 Å². The van der Waals surface area contributed by atoms with Crippen LogP contribution in [-0.2, 0) is 11.4 Å². The van der Waals surface area contributed by atoms with Crippen LogP contribution in [0.2, 0.25) is 0 Å². The van der Waals surface area contributed by atoms with Gasteiger partial charge in [-0.25, -0.2) is 4.68 Å². The summed E-state index contributed by atoms with van der Waals surface area (Å²) >= 11 is 0. The summed E-state index contributed by atoms with van der Waals surface area (Å²) in [7, 11) is 0. The molecule has 0 unspecified atom stereocenters. The van der Waals surface area contributed by atoms with Crippen molar-refractivity contribution in [1.29, 1.82) is 0 Å². The van der Waals surface area contributed by atoms with Crippen LogP contribution in [0.3, 0.4) is 0 Å². The fourth-order valence-corrected chi connectivity index (χ4v) is 3.50. The van der Waals surface area contributed by atoms with Crippen molar-refractivity contribution in [3.63, 3.8) is 0 Å². The van der Waals surface area contributed by atoms with Crippen molar-refractivity contribution in [2.45, 2.75) is 26.5 Å². The Morgan fingerprint density at radius 2 is 1.82 bits per heavy atom. The van der Waals surface area contributed by atoms with Gasteiger partial charge in [0.05, 0.1) is 23.6 Å². The average molecular weight is 439 g/mol. The van der Waals surface area contributed by atoms with Gasteiger partial charge >= 0.3 is 0 Å². The Bertz CT molecular complexity index is 1220. The van der Waals surface area contributed by atoms with Crippen molar-refractivity contribution in [3.05, 3.63) is 114 Å². The fraction of sp³-hybridized carbons (Fsp3) is 0.148. The number of para-hydroxylation sites is 1. The zero-order valence-electron chi connectivity index (χ0n) is 18.7. The van der Waals surface area contributed by atoms with Gasteiger partial charge in [0.25, 0.3) is 0 Å². The average Bonchev–Trinajstić information content (AvgIpc) is 3.24. The van der Waals surface area contributed by atoms with Crippen LogP contribution in [0.5, 0.6) is 5.75 Å². The van der Waals surface area contributed by atoms with E-state index in [1.54, 1.807) is 18.5 Å². The SMILES string of the molecule is Cc1c([C@@H](C)NC(=O)/C=C\c2ccc(OCc3ccccn3)cc2)cnn1-c1ccccc1. The maximum atomic E-state index is 12.5. The summed E-state index contributed by atoms with van der Waals surface area (Å²) < 4.78 is 7.63. The number of pyridine rings is 1. The van der Waals surface area contributed by atoms with Gasteiger partial charge < -0.3 is 10.1 Å². The maximum Gasteiger partial charge on any atom is 0.244 e. The number of aromatic nitrogens is 3. The monoisotopic (exact) mass is 438 g/mol. The van der Waals surface area contributed by atoms with E-state index in [0.717, 1.165) is 34.0 Å². The van der Waals surface area contributed by atoms with E-state index < -0.39 is 0 Å². The van der Waals surface area contributed by atoms with E-state index >= 15 is 0 Å². The number of hydrogen-bond donors (Lipinski definition) is 1. The molecule has 0 saturated heterocycles. The number of rotatable bonds is 8. The highest BCUT2D eigenvalue weighted by Crippen LogP contribution is 2.20.